The Kier molecular flexibility index (Phi) is 11.5. The van der Waals surface area contributed by atoms with E-state index in [2.05, 4.69) is 12.2 Å². The quantitative estimate of drug-likeness (QED) is 0.146. The number of nitrogens with one attached hydrogen (secondary N) is 1. The third-order valence-corrected chi connectivity index (χ3v) is 5.45. The van der Waals surface area contributed by atoms with E-state index in [1.54, 1.807) is 36.4 Å². The van der Waals surface area contributed by atoms with E-state index in [0.717, 1.165) is 19.3 Å². The number of ether oxygens (including phenoxy) is 1. The molecule has 2 aromatic carbocycles. The molecule has 0 fully saturated rings. The van der Waals surface area contributed by atoms with Gasteiger partial charge in [-0.3, -0.25) is 9.59 Å². The SMILES string of the molecule is CCCCCCCCCCOC(=O)c1ccc(Cl)c(NC(=O)CC(=O)c2ccccc2)c1. The molecule has 0 atom stereocenters. The molecule has 0 bridgehead atoms. The van der Waals surface area contributed by atoms with Crippen LogP contribution in [-0.2, 0) is 9.53 Å². The van der Waals surface area contributed by atoms with E-state index in [1.807, 2.05) is 0 Å². The number of benzene rings is 2. The van der Waals surface area contributed by atoms with E-state index in [9.17, 15) is 14.4 Å². The largest absolute Gasteiger partial charge is 0.462 e. The molecule has 2 rings (SSSR count). The van der Waals surface area contributed by atoms with Gasteiger partial charge in [-0.1, -0.05) is 93.8 Å². The third kappa shape index (κ3) is 9.23. The van der Waals surface area contributed by atoms with Gasteiger partial charge in [0.05, 0.1) is 29.3 Å². The minimum atomic E-state index is -0.495. The molecule has 1 amide bonds. The van der Waals surface area contributed by atoms with Crippen molar-refractivity contribution in [2.24, 2.45) is 0 Å². The monoisotopic (exact) mass is 457 g/mol. The van der Waals surface area contributed by atoms with Gasteiger partial charge >= 0.3 is 5.97 Å². The molecule has 0 saturated heterocycles. The molecule has 0 aliphatic carbocycles. The van der Waals surface area contributed by atoms with Crippen molar-refractivity contribution < 1.29 is 19.1 Å². The molecule has 0 spiro atoms. The van der Waals surface area contributed by atoms with E-state index < -0.39 is 11.9 Å². The molecule has 172 valence electrons. The highest BCUT2D eigenvalue weighted by Gasteiger charge is 2.15. The zero-order valence-electron chi connectivity index (χ0n) is 18.7. The number of amides is 1. The topological polar surface area (TPSA) is 72.5 Å². The average molecular weight is 458 g/mol. The lowest BCUT2D eigenvalue weighted by atomic mass is 10.1. The van der Waals surface area contributed by atoms with Crippen LogP contribution in [0.1, 0.15) is 85.4 Å². The van der Waals surface area contributed by atoms with Crippen LogP contribution in [0.5, 0.6) is 0 Å². The predicted molar refractivity (Wildman–Crippen MR) is 128 cm³/mol. The van der Waals surface area contributed by atoms with Crippen molar-refractivity contribution in [1.82, 2.24) is 0 Å². The number of carbonyl (C=O) groups excluding carboxylic acids is 3. The summed E-state index contributed by atoms with van der Waals surface area (Å²) in [5.74, 6) is -1.24. The van der Waals surface area contributed by atoms with Crippen LogP contribution >= 0.6 is 11.6 Å². The minimum absolute atomic E-state index is 0.277. The van der Waals surface area contributed by atoms with Gasteiger partial charge in [0.25, 0.3) is 0 Å². The number of hydrogen-bond donors (Lipinski definition) is 1. The molecule has 0 unspecified atom stereocenters. The lowest BCUT2D eigenvalue weighted by Gasteiger charge is -2.10. The van der Waals surface area contributed by atoms with Crippen LogP contribution < -0.4 is 5.32 Å². The first-order chi connectivity index (χ1) is 15.5. The Morgan fingerprint density at radius 2 is 1.50 bits per heavy atom. The summed E-state index contributed by atoms with van der Waals surface area (Å²) in [5, 5.41) is 2.89. The maximum absolute atomic E-state index is 12.3. The summed E-state index contributed by atoms with van der Waals surface area (Å²) in [6, 6.07) is 13.2. The van der Waals surface area contributed by atoms with E-state index >= 15 is 0 Å². The molecular formula is C26H32ClNO4. The molecule has 0 aliphatic rings. The van der Waals surface area contributed by atoms with Crippen LogP contribution in [0, 0.1) is 0 Å². The fourth-order valence-electron chi connectivity index (χ4n) is 3.30. The van der Waals surface area contributed by atoms with Gasteiger partial charge in [0, 0.05) is 5.56 Å². The van der Waals surface area contributed by atoms with E-state index in [-0.39, 0.29) is 22.9 Å². The number of unbranched alkanes of at least 4 members (excludes halogenated alkanes) is 7. The van der Waals surface area contributed by atoms with Crippen LogP contribution in [0.25, 0.3) is 0 Å². The second-order valence-corrected chi connectivity index (χ2v) is 8.23. The zero-order chi connectivity index (χ0) is 23.2. The number of anilines is 1. The summed E-state index contributed by atoms with van der Waals surface area (Å²) < 4.78 is 5.35. The average Bonchev–Trinajstić information content (AvgIpc) is 2.79. The summed E-state index contributed by atoms with van der Waals surface area (Å²) in [5.41, 5.74) is 1.05. The molecule has 0 saturated carbocycles. The van der Waals surface area contributed by atoms with Gasteiger partial charge in [-0.25, -0.2) is 4.79 Å². The highest BCUT2D eigenvalue weighted by atomic mass is 35.5. The van der Waals surface area contributed by atoms with Crippen molar-refractivity contribution in [3.63, 3.8) is 0 Å². The molecule has 0 aromatic heterocycles. The standard InChI is InChI=1S/C26H32ClNO4/c1-2-3-4-5-6-7-8-12-17-32-26(31)21-15-16-22(27)23(18-21)28-25(30)19-24(29)20-13-10-9-11-14-20/h9-11,13-16,18H,2-8,12,17,19H2,1H3,(H,28,30). The number of Topliss-reactive ketones (excluding diaryl/α,β-unsaturated/α-hetero) is 1. The van der Waals surface area contributed by atoms with E-state index in [4.69, 9.17) is 16.3 Å². The summed E-state index contributed by atoms with van der Waals surface area (Å²) in [4.78, 5) is 36.8. The van der Waals surface area contributed by atoms with Crippen LogP contribution in [-0.4, -0.2) is 24.3 Å². The van der Waals surface area contributed by atoms with Crippen molar-refractivity contribution in [2.45, 2.75) is 64.7 Å². The van der Waals surface area contributed by atoms with Crippen LogP contribution in [0.3, 0.4) is 0 Å². The maximum Gasteiger partial charge on any atom is 0.338 e. The number of ketones is 1. The van der Waals surface area contributed by atoms with Crippen molar-refractivity contribution in [1.29, 1.82) is 0 Å². The Labute approximate surface area is 195 Å². The Morgan fingerprint density at radius 1 is 0.844 bits per heavy atom. The van der Waals surface area contributed by atoms with Crippen molar-refractivity contribution in [2.75, 3.05) is 11.9 Å². The van der Waals surface area contributed by atoms with Gasteiger partial charge < -0.3 is 10.1 Å². The van der Waals surface area contributed by atoms with Gasteiger partial charge in [0.15, 0.2) is 5.78 Å². The molecule has 1 N–H and O–H groups in total. The van der Waals surface area contributed by atoms with Gasteiger partial charge in [-0.05, 0) is 24.6 Å². The summed E-state index contributed by atoms with van der Waals surface area (Å²) >= 11 is 6.15. The molecular weight excluding hydrogens is 426 g/mol. The summed E-state index contributed by atoms with van der Waals surface area (Å²) in [6.45, 7) is 2.57. The molecule has 5 nitrogen and oxygen atoms in total. The Balaban J connectivity index is 1.77. The first kappa shape index (κ1) is 25.6. The van der Waals surface area contributed by atoms with Crippen LogP contribution in [0.2, 0.25) is 5.02 Å². The fraction of sp³-hybridized carbons (Fsp3) is 0.423. The zero-order valence-corrected chi connectivity index (χ0v) is 19.5. The number of rotatable bonds is 14. The Morgan fingerprint density at radius 3 is 2.19 bits per heavy atom. The fourth-order valence-corrected chi connectivity index (χ4v) is 3.46. The highest BCUT2D eigenvalue weighted by molar-refractivity contribution is 6.34. The molecule has 6 heteroatoms. The Hall–Kier alpha value is -2.66. The second-order valence-electron chi connectivity index (χ2n) is 7.82. The normalized spacial score (nSPS) is 10.6. The van der Waals surface area contributed by atoms with Crippen molar-refractivity contribution >= 4 is 34.9 Å². The van der Waals surface area contributed by atoms with Gasteiger partial charge in [-0.15, -0.1) is 0 Å². The van der Waals surface area contributed by atoms with Gasteiger partial charge in [0.2, 0.25) is 5.91 Å². The van der Waals surface area contributed by atoms with Crippen LogP contribution in [0.15, 0.2) is 48.5 Å². The Bertz CT molecular complexity index is 883. The predicted octanol–water partition coefficient (Wildman–Crippen LogP) is 6.85. The van der Waals surface area contributed by atoms with E-state index in [0.29, 0.717) is 17.7 Å². The minimum Gasteiger partial charge on any atom is -0.462 e. The molecule has 0 heterocycles. The van der Waals surface area contributed by atoms with Crippen LogP contribution in [0.4, 0.5) is 5.69 Å². The second kappa shape index (κ2) is 14.4. The molecule has 2 aromatic rings. The number of carbonyl (C=O) groups is 3. The van der Waals surface area contributed by atoms with Gasteiger partial charge in [-0.2, -0.15) is 0 Å². The lowest BCUT2D eigenvalue weighted by Crippen LogP contribution is -2.17. The highest BCUT2D eigenvalue weighted by Crippen LogP contribution is 2.24. The van der Waals surface area contributed by atoms with Crippen molar-refractivity contribution in [3.8, 4) is 0 Å². The number of hydrogen-bond acceptors (Lipinski definition) is 4. The molecule has 0 radical (unpaired) electrons. The summed E-state index contributed by atoms with van der Waals surface area (Å²) in [6.07, 6.45) is 9.04. The first-order valence-corrected chi connectivity index (χ1v) is 11.7. The van der Waals surface area contributed by atoms with Crippen molar-refractivity contribution in [3.05, 3.63) is 64.7 Å². The maximum atomic E-state index is 12.3. The molecule has 32 heavy (non-hydrogen) atoms. The number of esters is 1. The van der Waals surface area contributed by atoms with E-state index in [1.165, 1.54) is 44.2 Å². The van der Waals surface area contributed by atoms with Gasteiger partial charge in [0.1, 0.15) is 0 Å². The smallest absolute Gasteiger partial charge is 0.338 e. The summed E-state index contributed by atoms with van der Waals surface area (Å²) in [7, 11) is 0. The first-order valence-electron chi connectivity index (χ1n) is 11.4. The third-order valence-electron chi connectivity index (χ3n) is 5.12. The number of halogens is 1. The molecule has 0 aliphatic heterocycles. The lowest BCUT2D eigenvalue weighted by molar-refractivity contribution is -0.115.